The predicted octanol–water partition coefficient (Wildman–Crippen LogP) is 3.26. The molecular weight excluding hydrogens is 440 g/mol. The van der Waals surface area contributed by atoms with Crippen LogP contribution in [-0.4, -0.2) is 78.0 Å². The van der Waals surface area contributed by atoms with Crippen LogP contribution in [-0.2, 0) is 28.4 Å². The Morgan fingerprint density at radius 1 is 0.706 bits per heavy atom. The van der Waals surface area contributed by atoms with Gasteiger partial charge in [-0.25, -0.2) is 9.59 Å². The smallest absolute Gasteiger partial charge is 0.338 e. The molecule has 2 fully saturated rings. The van der Waals surface area contributed by atoms with Crippen LogP contribution in [0.5, 0.6) is 0 Å². The van der Waals surface area contributed by atoms with Crippen LogP contribution in [0.1, 0.15) is 34.6 Å². The number of fused-ring (bicyclic) bond motifs is 1. The van der Waals surface area contributed by atoms with E-state index in [-0.39, 0.29) is 24.0 Å². The van der Waals surface area contributed by atoms with Gasteiger partial charge in [-0.1, -0.05) is 26.0 Å². The highest BCUT2D eigenvalue weighted by Crippen LogP contribution is 2.27. The second-order valence-electron chi connectivity index (χ2n) is 9.76. The SMILES string of the molecule is CC1(COCCOC(=O)c2ccc3ccc(C(=O)OCCOCC4(C)COC4)cc3c2)COC1. The summed E-state index contributed by atoms with van der Waals surface area (Å²) in [6, 6.07) is 10.5. The molecule has 0 N–H and O–H groups in total. The van der Waals surface area contributed by atoms with Gasteiger partial charge in [-0.15, -0.1) is 0 Å². The molecule has 0 spiro atoms. The summed E-state index contributed by atoms with van der Waals surface area (Å²) in [5, 5.41) is 1.67. The molecule has 2 heterocycles. The van der Waals surface area contributed by atoms with Crippen LogP contribution in [0, 0.1) is 10.8 Å². The lowest BCUT2D eigenvalue weighted by atomic mass is 9.90. The van der Waals surface area contributed by atoms with E-state index in [1.807, 2.05) is 12.1 Å². The molecule has 184 valence electrons. The number of rotatable bonds is 12. The highest BCUT2D eigenvalue weighted by molar-refractivity contribution is 5.99. The van der Waals surface area contributed by atoms with Crippen molar-refractivity contribution in [2.24, 2.45) is 10.8 Å². The zero-order valence-corrected chi connectivity index (χ0v) is 19.8. The van der Waals surface area contributed by atoms with Crippen LogP contribution in [0.15, 0.2) is 36.4 Å². The number of benzene rings is 2. The summed E-state index contributed by atoms with van der Waals surface area (Å²) in [6.45, 7) is 9.17. The maximum absolute atomic E-state index is 12.4. The standard InChI is InChI=1S/C26H32O8/c1-25(15-31-16-25)13-29-7-9-33-23(27)20-5-3-19-4-6-21(12-22(19)11-20)24(28)34-10-8-30-14-26(2)17-32-18-26/h3-6,11-12H,7-10,13-18H2,1-2H3. The zero-order valence-electron chi connectivity index (χ0n) is 19.8. The van der Waals surface area contributed by atoms with Gasteiger partial charge in [0.05, 0.1) is 64.0 Å². The van der Waals surface area contributed by atoms with Crippen molar-refractivity contribution in [3.05, 3.63) is 47.5 Å². The average molecular weight is 473 g/mol. The van der Waals surface area contributed by atoms with E-state index in [4.69, 9.17) is 28.4 Å². The van der Waals surface area contributed by atoms with Crippen LogP contribution in [0.25, 0.3) is 10.8 Å². The number of hydrogen-bond donors (Lipinski definition) is 0. The Morgan fingerprint density at radius 3 is 1.53 bits per heavy atom. The van der Waals surface area contributed by atoms with Gasteiger partial charge in [-0.05, 0) is 35.0 Å². The van der Waals surface area contributed by atoms with Crippen LogP contribution in [0.4, 0.5) is 0 Å². The summed E-state index contributed by atoms with van der Waals surface area (Å²) in [4.78, 5) is 24.8. The first-order chi connectivity index (χ1) is 16.4. The van der Waals surface area contributed by atoms with Crippen molar-refractivity contribution < 1.29 is 38.0 Å². The largest absolute Gasteiger partial charge is 0.460 e. The fraction of sp³-hybridized carbons (Fsp3) is 0.538. The first-order valence-electron chi connectivity index (χ1n) is 11.6. The quantitative estimate of drug-likeness (QED) is 0.344. The van der Waals surface area contributed by atoms with Crippen molar-refractivity contribution in [1.29, 1.82) is 0 Å². The molecule has 2 saturated heterocycles. The second kappa shape index (κ2) is 10.8. The van der Waals surface area contributed by atoms with Gasteiger partial charge in [0.15, 0.2) is 0 Å². The van der Waals surface area contributed by atoms with Crippen LogP contribution in [0.3, 0.4) is 0 Å². The Labute approximate surface area is 199 Å². The summed E-state index contributed by atoms with van der Waals surface area (Å²) in [5.41, 5.74) is 0.967. The van der Waals surface area contributed by atoms with Crippen molar-refractivity contribution in [2.45, 2.75) is 13.8 Å². The molecule has 0 atom stereocenters. The summed E-state index contributed by atoms with van der Waals surface area (Å²) < 4.78 is 32.2. The van der Waals surface area contributed by atoms with Crippen molar-refractivity contribution in [3.8, 4) is 0 Å². The first kappa shape index (κ1) is 24.6. The van der Waals surface area contributed by atoms with Crippen LogP contribution >= 0.6 is 0 Å². The molecule has 0 amide bonds. The van der Waals surface area contributed by atoms with Gasteiger partial charge in [-0.3, -0.25) is 0 Å². The van der Waals surface area contributed by atoms with Gasteiger partial charge >= 0.3 is 11.9 Å². The van der Waals surface area contributed by atoms with E-state index in [0.717, 1.165) is 10.8 Å². The molecule has 2 aliphatic rings. The summed E-state index contributed by atoms with van der Waals surface area (Å²) in [6.07, 6.45) is 0. The molecule has 8 nitrogen and oxygen atoms in total. The molecule has 0 bridgehead atoms. The third kappa shape index (κ3) is 6.33. The van der Waals surface area contributed by atoms with Crippen molar-refractivity contribution in [3.63, 3.8) is 0 Å². The predicted molar refractivity (Wildman–Crippen MR) is 124 cm³/mol. The molecule has 0 aromatic heterocycles. The van der Waals surface area contributed by atoms with Gasteiger partial charge in [0.25, 0.3) is 0 Å². The van der Waals surface area contributed by atoms with Gasteiger partial charge in [0, 0.05) is 10.8 Å². The summed E-state index contributed by atoms with van der Waals surface area (Å²) in [5.74, 6) is -0.862. The van der Waals surface area contributed by atoms with E-state index < -0.39 is 11.9 Å². The van der Waals surface area contributed by atoms with E-state index in [9.17, 15) is 9.59 Å². The minimum Gasteiger partial charge on any atom is -0.460 e. The van der Waals surface area contributed by atoms with E-state index in [1.54, 1.807) is 24.3 Å². The maximum Gasteiger partial charge on any atom is 0.338 e. The normalized spacial score (nSPS) is 18.1. The summed E-state index contributed by atoms with van der Waals surface area (Å²) >= 11 is 0. The molecule has 34 heavy (non-hydrogen) atoms. The van der Waals surface area contributed by atoms with E-state index in [1.165, 1.54) is 0 Å². The third-order valence-electron chi connectivity index (χ3n) is 5.94. The van der Waals surface area contributed by atoms with Gasteiger partial charge in [0.2, 0.25) is 0 Å². The van der Waals surface area contributed by atoms with Crippen molar-refractivity contribution >= 4 is 22.7 Å². The topological polar surface area (TPSA) is 89.5 Å². The molecular formula is C26H32O8. The second-order valence-corrected chi connectivity index (χ2v) is 9.76. The lowest BCUT2D eigenvalue weighted by Gasteiger charge is -2.37. The average Bonchev–Trinajstić information content (AvgIpc) is 2.80. The van der Waals surface area contributed by atoms with Crippen molar-refractivity contribution in [2.75, 3.05) is 66.1 Å². The number of ether oxygens (including phenoxy) is 6. The number of carbonyl (C=O) groups excluding carboxylic acids is 2. The molecule has 0 radical (unpaired) electrons. The molecule has 8 heteroatoms. The fourth-order valence-electron chi connectivity index (χ4n) is 3.76. The molecule has 2 aromatic carbocycles. The van der Waals surface area contributed by atoms with E-state index >= 15 is 0 Å². The Kier molecular flexibility index (Phi) is 7.83. The molecule has 4 rings (SSSR count). The highest BCUT2D eigenvalue weighted by Gasteiger charge is 2.34. The molecule has 0 saturated carbocycles. The van der Waals surface area contributed by atoms with E-state index in [0.29, 0.717) is 64.0 Å². The fourth-order valence-corrected chi connectivity index (χ4v) is 3.76. The maximum atomic E-state index is 12.4. The monoisotopic (exact) mass is 472 g/mol. The number of hydrogen-bond acceptors (Lipinski definition) is 8. The third-order valence-corrected chi connectivity index (χ3v) is 5.94. The number of esters is 2. The lowest BCUT2D eigenvalue weighted by molar-refractivity contribution is -0.139. The Bertz CT molecular complexity index is 932. The Morgan fingerprint density at radius 2 is 1.15 bits per heavy atom. The minimum absolute atomic E-state index is 0.0675. The van der Waals surface area contributed by atoms with Gasteiger partial charge in [0.1, 0.15) is 13.2 Å². The highest BCUT2D eigenvalue weighted by atomic mass is 16.6. The Balaban J connectivity index is 1.23. The summed E-state index contributed by atoms with van der Waals surface area (Å²) in [7, 11) is 0. The van der Waals surface area contributed by atoms with Gasteiger partial charge < -0.3 is 28.4 Å². The Hall–Kier alpha value is -2.52. The lowest BCUT2D eigenvalue weighted by Crippen LogP contribution is -2.43. The molecule has 0 aliphatic carbocycles. The van der Waals surface area contributed by atoms with Gasteiger partial charge in [-0.2, -0.15) is 0 Å². The molecule has 2 aliphatic heterocycles. The van der Waals surface area contributed by atoms with E-state index in [2.05, 4.69) is 13.8 Å². The number of carbonyl (C=O) groups is 2. The first-order valence-corrected chi connectivity index (χ1v) is 11.6. The van der Waals surface area contributed by atoms with Crippen LogP contribution < -0.4 is 0 Å². The van der Waals surface area contributed by atoms with Crippen LogP contribution in [0.2, 0.25) is 0 Å². The molecule has 2 aromatic rings. The zero-order chi connectivity index (χ0) is 24.0. The van der Waals surface area contributed by atoms with Crippen molar-refractivity contribution in [1.82, 2.24) is 0 Å². The molecule has 0 unspecified atom stereocenters. The minimum atomic E-state index is -0.431.